The van der Waals surface area contributed by atoms with Crippen LogP contribution in [0.3, 0.4) is 0 Å². The highest BCUT2D eigenvalue weighted by atomic mass is 19.1. The molecule has 0 spiro atoms. The van der Waals surface area contributed by atoms with Crippen LogP contribution in [0, 0.1) is 5.82 Å². The summed E-state index contributed by atoms with van der Waals surface area (Å²) in [7, 11) is 1.40. The van der Waals surface area contributed by atoms with Crippen LogP contribution < -0.4 is 10.1 Å². The molecule has 0 unspecified atom stereocenters. The first-order valence-corrected chi connectivity index (χ1v) is 6.92. The molecule has 2 amide bonds. The maximum absolute atomic E-state index is 13.6. The molecule has 0 radical (unpaired) electrons. The number of methoxy groups -OCH3 is 1. The number of likely N-dealkylation sites (tertiary alicyclic amines) is 1. The van der Waals surface area contributed by atoms with Crippen LogP contribution in [0.2, 0.25) is 0 Å². The number of halogens is 1. The van der Waals surface area contributed by atoms with Crippen molar-refractivity contribution in [2.24, 2.45) is 0 Å². The Balaban J connectivity index is 1.94. The van der Waals surface area contributed by atoms with Crippen LogP contribution >= 0.6 is 0 Å². The maximum Gasteiger partial charge on any atom is 0.240 e. The van der Waals surface area contributed by atoms with Gasteiger partial charge in [0.2, 0.25) is 11.8 Å². The van der Waals surface area contributed by atoms with Crippen molar-refractivity contribution in [3.05, 3.63) is 29.6 Å². The average molecular weight is 294 g/mol. The fourth-order valence-electron chi connectivity index (χ4n) is 2.37. The molecule has 0 aliphatic carbocycles. The normalized spacial score (nSPS) is 16.0. The number of ether oxygens (including phenoxy) is 1. The van der Waals surface area contributed by atoms with Crippen LogP contribution in [0.1, 0.15) is 31.4 Å². The number of nitrogens with one attached hydrogen (secondary N) is 1. The summed E-state index contributed by atoms with van der Waals surface area (Å²) in [4.78, 5) is 24.9. The van der Waals surface area contributed by atoms with Gasteiger partial charge < -0.3 is 15.0 Å². The second-order valence-electron chi connectivity index (χ2n) is 5.10. The molecule has 0 aromatic heterocycles. The van der Waals surface area contributed by atoms with Crippen LogP contribution in [0.25, 0.3) is 0 Å². The van der Waals surface area contributed by atoms with E-state index in [2.05, 4.69) is 5.32 Å². The Kier molecular flexibility index (Phi) is 4.77. The Labute approximate surface area is 123 Å². The molecule has 21 heavy (non-hydrogen) atoms. The topological polar surface area (TPSA) is 58.6 Å². The Bertz CT molecular complexity index is 548. The molecule has 1 fully saturated rings. The smallest absolute Gasteiger partial charge is 0.240 e. The number of rotatable bonds is 5. The fourth-order valence-corrected chi connectivity index (χ4v) is 2.37. The zero-order valence-electron chi connectivity index (χ0n) is 12.2. The van der Waals surface area contributed by atoms with Crippen molar-refractivity contribution >= 4 is 11.8 Å². The zero-order chi connectivity index (χ0) is 15.4. The lowest BCUT2D eigenvalue weighted by Crippen LogP contribution is -2.38. The van der Waals surface area contributed by atoms with E-state index in [1.54, 1.807) is 13.0 Å². The van der Waals surface area contributed by atoms with Gasteiger partial charge >= 0.3 is 0 Å². The monoisotopic (exact) mass is 294 g/mol. The first-order valence-electron chi connectivity index (χ1n) is 6.92. The van der Waals surface area contributed by atoms with E-state index in [1.165, 1.54) is 24.1 Å². The lowest BCUT2D eigenvalue weighted by Gasteiger charge is -2.19. The van der Waals surface area contributed by atoms with E-state index in [1.807, 2.05) is 0 Å². The number of amides is 2. The van der Waals surface area contributed by atoms with Gasteiger partial charge in [0.25, 0.3) is 0 Å². The van der Waals surface area contributed by atoms with Crippen LogP contribution in [0.15, 0.2) is 18.2 Å². The number of hydrogen-bond donors (Lipinski definition) is 1. The van der Waals surface area contributed by atoms with E-state index < -0.39 is 5.82 Å². The van der Waals surface area contributed by atoms with Gasteiger partial charge in [-0.05, 0) is 31.0 Å². The van der Waals surface area contributed by atoms with Gasteiger partial charge in [0.05, 0.1) is 19.7 Å². The van der Waals surface area contributed by atoms with E-state index in [-0.39, 0.29) is 30.2 Å². The van der Waals surface area contributed by atoms with Gasteiger partial charge in [-0.3, -0.25) is 9.59 Å². The maximum atomic E-state index is 13.6. The third-order valence-corrected chi connectivity index (χ3v) is 3.56. The minimum Gasteiger partial charge on any atom is -0.494 e. The predicted octanol–water partition coefficient (Wildman–Crippen LogP) is 1.63. The SMILES string of the molecule is COc1ccc([C@@H](C)NC(=O)CN2CCCC2=O)cc1F. The van der Waals surface area contributed by atoms with Gasteiger partial charge in [0, 0.05) is 13.0 Å². The Morgan fingerprint density at radius 3 is 2.86 bits per heavy atom. The fraction of sp³-hybridized carbons (Fsp3) is 0.467. The first kappa shape index (κ1) is 15.3. The summed E-state index contributed by atoms with van der Waals surface area (Å²) in [6.07, 6.45) is 1.30. The number of nitrogens with zero attached hydrogens (tertiary/aromatic N) is 1. The molecule has 1 aliphatic heterocycles. The van der Waals surface area contributed by atoms with E-state index in [0.29, 0.717) is 18.5 Å². The molecule has 1 aromatic carbocycles. The summed E-state index contributed by atoms with van der Waals surface area (Å²) in [6.45, 7) is 2.45. The van der Waals surface area contributed by atoms with Gasteiger partial charge in [-0.2, -0.15) is 0 Å². The molecule has 1 saturated heterocycles. The van der Waals surface area contributed by atoms with Crippen LogP contribution in [-0.2, 0) is 9.59 Å². The van der Waals surface area contributed by atoms with Gasteiger partial charge in [0.15, 0.2) is 11.6 Å². The van der Waals surface area contributed by atoms with Crippen LogP contribution in [0.5, 0.6) is 5.75 Å². The summed E-state index contributed by atoms with van der Waals surface area (Å²) in [5.74, 6) is -0.534. The van der Waals surface area contributed by atoms with Crippen molar-refractivity contribution in [2.75, 3.05) is 20.2 Å². The Hall–Kier alpha value is -2.11. The van der Waals surface area contributed by atoms with Crippen molar-refractivity contribution in [2.45, 2.75) is 25.8 Å². The quantitative estimate of drug-likeness (QED) is 0.898. The highest BCUT2D eigenvalue weighted by molar-refractivity contribution is 5.86. The molecule has 2 rings (SSSR count). The summed E-state index contributed by atoms with van der Waals surface area (Å²) in [5, 5.41) is 2.77. The average Bonchev–Trinajstić information content (AvgIpc) is 2.84. The van der Waals surface area contributed by atoms with Crippen molar-refractivity contribution in [1.29, 1.82) is 0 Å². The summed E-state index contributed by atoms with van der Waals surface area (Å²) in [6, 6.07) is 4.23. The Morgan fingerprint density at radius 2 is 2.29 bits per heavy atom. The molecule has 114 valence electrons. The van der Waals surface area contributed by atoms with Gasteiger partial charge in [0.1, 0.15) is 0 Å². The number of carbonyl (C=O) groups is 2. The molecule has 1 aliphatic rings. The molecule has 6 heteroatoms. The first-order chi connectivity index (χ1) is 10.0. The van der Waals surface area contributed by atoms with Gasteiger partial charge in [-0.1, -0.05) is 6.07 Å². The molecule has 1 heterocycles. The lowest BCUT2D eigenvalue weighted by molar-refractivity contribution is -0.133. The zero-order valence-corrected chi connectivity index (χ0v) is 12.2. The highest BCUT2D eigenvalue weighted by Crippen LogP contribution is 2.21. The van der Waals surface area contributed by atoms with Crippen molar-refractivity contribution < 1.29 is 18.7 Å². The van der Waals surface area contributed by atoms with Gasteiger partial charge in [-0.25, -0.2) is 4.39 Å². The van der Waals surface area contributed by atoms with Crippen molar-refractivity contribution in [3.63, 3.8) is 0 Å². The molecule has 1 aromatic rings. The lowest BCUT2D eigenvalue weighted by atomic mass is 10.1. The van der Waals surface area contributed by atoms with Crippen molar-refractivity contribution in [3.8, 4) is 5.75 Å². The molecule has 1 atom stereocenters. The molecule has 1 N–H and O–H groups in total. The van der Waals surface area contributed by atoms with E-state index in [0.717, 1.165) is 6.42 Å². The second kappa shape index (κ2) is 6.56. The number of hydrogen-bond acceptors (Lipinski definition) is 3. The van der Waals surface area contributed by atoms with Crippen LogP contribution in [0.4, 0.5) is 4.39 Å². The van der Waals surface area contributed by atoms with Crippen LogP contribution in [-0.4, -0.2) is 36.9 Å². The summed E-state index contributed by atoms with van der Waals surface area (Å²) in [5.41, 5.74) is 0.648. The largest absolute Gasteiger partial charge is 0.494 e. The minimum absolute atomic E-state index is 0.00768. The molecular weight excluding hydrogens is 275 g/mol. The van der Waals surface area contributed by atoms with Gasteiger partial charge in [-0.15, -0.1) is 0 Å². The third kappa shape index (κ3) is 3.71. The molecule has 0 bridgehead atoms. The predicted molar refractivity (Wildman–Crippen MR) is 75.3 cm³/mol. The summed E-state index contributed by atoms with van der Waals surface area (Å²) >= 11 is 0. The Morgan fingerprint density at radius 1 is 1.52 bits per heavy atom. The van der Waals surface area contributed by atoms with E-state index >= 15 is 0 Å². The highest BCUT2D eigenvalue weighted by Gasteiger charge is 2.23. The molecule has 0 saturated carbocycles. The molecule has 5 nitrogen and oxygen atoms in total. The minimum atomic E-state index is -0.467. The van der Waals surface area contributed by atoms with E-state index in [9.17, 15) is 14.0 Å². The van der Waals surface area contributed by atoms with E-state index in [4.69, 9.17) is 4.74 Å². The number of carbonyl (C=O) groups excluding carboxylic acids is 2. The standard InChI is InChI=1S/C15H19FN2O3/c1-10(11-5-6-13(21-2)12(16)8-11)17-14(19)9-18-7-3-4-15(18)20/h5-6,8,10H,3-4,7,9H2,1-2H3,(H,17,19)/t10-/m1/s1. The van der Waals surface area contributed by atoms with Crippen molar-refractivity contribution in [1.82, 2.24) is 10.2 Å². The third-order valence-electron chi connectivity index (χ3n) is 3.56. The summed E-state index contributed by atoms with van der Waals surface area (Å²) < 4.78 is 18.5. The number of benzene rings is 1. The molecular formula is C15H19FN2O3. The second-order valence-corrected chi connectivity index (χ2v) is 5.10.